The smallest absolute Gasteiger partial charge is 0.303 e. The molecule has 4 nitrogen and oxygen atoms in total. The first-order valence-electron chi connectivity index (χ1n) is 12.3. The molecule has 0 heterocycles. The highest BCUT2D eigenvalue weighted by atomic mass is 16.4. The van der Waals surface area contributed by atoms with Crippen LogP contribution in [-0.2, 0) is 14.4 Å². The van der Waals surface area contributed by atoms with Crippen LogP contribution in [0.5, 0.6) is 0 Å². The largest absolute Gasteiger partial charge is 0.481 e. The predicted molar refractivity (Wildman–Crippen MR) is 116 cm³/mol. The summed E-state index contributed by atoms with van der Waals surface area (Å²) in [6.07, 6.45) is 6.29. The molecule has 0 bridgehead atoms. The number of rotatable bonds is 4. The van der Waals surface area contributed by atoms with Crippen LogP contribution in [0, 0.1) is 58.2 Å². The number of hydrogen-bond donors (Lipinski definition) is 1. The summed E-state index contributed by atoms with van der Waals surface area (Å²) in [5.74, 6) is 2.44. The fourth-order valence-electron chi connectivity index (χ4n) is 8.76. The van der Waals surface area contributed by atoms with Gasteiger partial charge in [-0.15, -0.1) is 0 Å². The number of carbonyl (C=O) groups is 3. The van der Waals surface area contributed by atoms with Gasteiger partial charge in [-0.05, 0) is 78.9 Å². The van der Waals surface area contributed by atoms with Crippen LogP contribution in [0.2, 0.25) is 0 Å². The first kappa shape index (κ1) is 22.0. The quantitative estimate of drug-likeness (QED) is 0.667. The molecule has 1 N–H and O–H groups in total. The fraction of sp³-hybridized carbons (Fsp3) is 0.885. The Labute approximate surface area is 181 Å². The second-order valence-electron chi connectivity index (χ2n) is 11.9. The van der Waals surface area contributed by atoms with Crippen molar-refractivity contribution in [2.45, 2.75) is 86.0 Å². The Kier molecular flexibility index (Phi) is 5.47. The maximum Gasteiger partial charge on any atom is 0.303 e. The third kappa shape index (κ3) is 3.03. The van der Waals surface area contributed by atoms with E-state index in [2.05, 4.69) is 34.6 Å². The van der Waals surface area contributed by atoms with Gasteiger partial charge < -0.3 is 5.11 Å². The van der Waals surface area contributed by atoms with Crippen molar-refractivity contribution < 1.29 is 19.5 Å². The third-order valence-corrected chi connectivity index (χ3v) is 10.9. The molecule has 0 aromatic carbocycles. The van der Waals surface area contributed by atoms with E-state index in [0.717, 1.165) is 19.3 Å². The van der Waals surface area contributed by atoms with Gasteiger partial charge in [0.05, 0.1) is 0 Å². The molecule has 4 saturated carbocycles. The highest BCUT2D eigenvalue weighted by Crippen LogP contribution is 2.67. The zero-order valence-corrected chi connectivity index (χ0v) is 19.4. The van der Waals surface area contributed by atoms with Crippen molar-refractivity contribution in [2.75, 3.05) is 0 Å². The molecule has 4 aliphatic carbocycles. The number of aliphatic carboxylic acids is 1. The topological polar surface area (TPSA) is 71.4 Å². The Hall–Kier alpha value is -1.19. The maximum absolute atomic E-state index is 13.7. The first-order chi connectivity index (χ1) is 14.0. The second kappa shape index (κ2) is 7.45. The summed E-state index contributed by atoms with van der Waals surface area (Å²) >= 11 is 0. The van der Waals surface area contributed by atoms with Crippen molar-refractivity contribution in [1.29, 1.82) is 0 Å². The lowest BCUT2D eigenvalue weighted by Crippen LogP contribution is -2.61. The number of carbonyl (C=O) groups excluding carboxylic acids is 2. The Bertz CT molecular complexity index is 743. The average molecular weight is 417 g/mol. The lowest BCUT2D eigenvalue weighted by Gasteiger charge is -2.61. The van der Waals surface area contributed by atoms with Gasteiger partial charge >= 0.3 is 5.97 Å². The van der Waals surface area contributed by atoms with Crippen molar-refractivity contribution >= 4 is 17.5 Å². The predicted octanol–water partition coefficient (Wildman–Crippen LogP) is 5.39. The van der Waals surface area contributed by atoms with Crippen LogP contribution in [0.1, 0.15) is 86.0 Å². The molecule has 4 aliphatic rings. The molecule has 0 aromatic rings. The van der Waals surface area contributed by atoms with E-state index in [-0.39, 0.29) is 41.4 Å². The molecule has 30 heavy (non-hydrogen) atoms. The molecule has 4 heteroatoms. The van der Waals surface area contributed by atoms with Crippen molar-refractivity contribution in [3.63, 3.8) is 0 Å². The van der Waals surface area contributed by atoms with Gasteiger partial charge in [0.25, 0.3) is 0 Å². The van der Waals surface area contributed by atoms with E-state index in [1.807, 2.05) is 0 Å². The summed E-state index contributed by atoms with van der Waals surface area (Å²) in [5, 5.41) is 9.11. The second-order valence-corrected chi connectivity index (χ2v) is 11.9. The fourth-order valence-corrected chi connectivity index (χ4v) is 8.76. The Morgan fingerprint density at radius 3 is 2.43 bits per heavy atom. The molecule has 168 valence electrons. The van der Waals surface area contributed by atoms with Crippen LogP contribution in [-0.4, -0.2) is 22.6 Å². The van der Waals surface area contributed by atoms with E-state index in [9.17, 15) is 14.4 Å². The SMILES string of the molecule is CC1CC[C@@]2(C)C(CC(=O)[C@H]3[C@@H]4CC[C@H]([C@H](C)CCC(=O)O)[C@@]4(C)C(=O)C[C@@H]32)C1C. The van der Waals surface area contributed by atoms with Gasteiger partial charge in [-0.1, -0.05) is 34.6 Å². The Balaban J connectivity index is 1.64. The molecule has 0 saturated heterocycles. The molecule has 0 spiro atoms. The van der Waals surface area contributed by atoms with Crippen LogP contribution >= 0.6 is 0 Å². The van der Waals surface area contributed by atoms with Crippen LogP contribution < -0.4 is 0 Å². The zero-order chi connectivity index (χ0) is 22.0. The van der Waals surface area contributed by atoms with Crippen LogP contribution in [0.4, 0.5) is 0 Å². The molecule has 0 aliphatic heterocycles. The molecule has 10 atom stereocenters. The van der Waals surface area contributed by atoms with Crippen LogP contribution in [0.15, 0.2) is 0 Å². The average Bonchev–Trinajstić information content (AvgIpc) is 3.04. The minimum Gasteiger partial charge on any atom is -0.481 e. The maximum atomic E-state index is 13.7. The molecule has 4 fully saturated rings. The number of fused-ring (bicyclic) bond motifs is 5. The van der Waals surface area contributed by atoms with E-state index in [1.54, 1.807) is 0 Å². The number of carboxylic acids is 1. The minimum absolute atomic E-state index is 0.0335. The number of Topliss-reactive ketones (excluding diaryl/α,β-unsaturated/α-hetero) is 2. The molecule has 4 rings (SSSR count). The van der Waals surface area contributed by atoms with Gasteiger partial charge in [0.1, 0.15) is 11.6 Å². The summed E-state index contributed by atoms with van der Waals surface area (Å²) in [7, 11) is 0. The van der Waals surface area contributed by atoms with Crippen molar-refractivity contribution in [2.24, 2.45) is 58.2 Å². The summed E-state index contributed by atoms with van der Waals surface area (Å²) in [6, 6.07) is 0. The van der Waals surface area contributed by atoms with Gasteiger partial charge in [0, 0.05) is 30.6 Å². The molecular formula is C26H40O4. The summed E-state index contributed by atoms with van der Waals surface area (Å²) in [5.41, 5.74) is -0.347. The molecular weight excluding hydrogens is 376 g/mol. The summed E-state index contributed by atoms with van der Waals surface area (Å²) in [4.78, 5) is 38.4. The summed E-state index contributed by atoms with van der Waals surface area (Å²) < 4.78 is 0. The normalized spacial score (nSPS) is 49.2. The zero-order valence-electron chi connectivity index (χ0n) is 19.4. The van der Waals surface area contributed by atoms with Crippen molar-refractivity contribution in [3.8, 4) is 0 Å². The molecule has 0 amide bonds. The number of ketones is 2. The van der Waals surface area contributed by atoms with Crippen molar-refractivity contribution in [1.82, 2.24) is 0 Å². The van der Waals surface area contributed by atoms with Crippen LogP contribution in [0.25, 0.3) is 0 Å². The highest BCUT2D eigenvalue weighted by molar-refractivity contribution is 5.92. The van der Waals surface area contributed by atoms with Gasteiger partial charge in [0.15, 0.2) is 0 Å². The Morgan fingerprint density at radius 1 is 1.07 bits per heavy atom. The number of carboxylic acid groups (broad SMARTS) is 1. The molecule has 0 aromatic heterocycles. The van der Waals surface area contributed by atoms with E-state index in [0.29, 0.717) is 48.6 Å². The number of hydrogen-bond acceptors (Lipinski definition) is 3. The van der Waals surface area contributed by atoms with Gasteiger partial charge in [-0.25, -0.2) is 0 Å². The lowest BCUT2D eigenvalue weighted by atomic mass is 9.42. The molecule has 3 unspecified atom stereocenters. The van der Waals surface area contributed by atoms with Gasteiger partial charge in [0.2, 0.25) is 0 Å². The van der Waals surface area contributed by atoms with E-state index < -0.39 is 11.4 Å². The van der Waals surface area contributed by atoms with Crippen molar-refractivity contribution in [3.05, 3.63) is 0 Å². The Morgan fingerprint density at radius 2 is 1.77 bits per heavy atom. The van der Waals surface area contributed by atoms with Crippen LogP contribution in [0.3, 0.4) is 0 Å². The van der Waals surface area contributed by atoms with E-state index in [4.69, 9.17) is 5.11 Å². The van der Waals surface area contributed by atoms with Gasteiger partial charge in [-0.2, -0.15) is 0 Å². The minimum atomic E-state index is -0.765. The monoisotopic (exact) mass is 416 g/mol. The third-order valence-electron chi connectivity index (χ3n) is 10.9. The standard InChI is InChI=1S/C26H40O4/c1-14-10-11-25(4)19(16(14)3)12-21(27)24-18-8-7-17(15(2)6-9-23(29)30)26(18,5)22(28)13-20(24)25/h14-20,24H,6-13H2,1-5H3,(H,29,30)/t14?,15-,16?,17-,18+,19?,20+,24+,25+,26-/m1/s1. The van der Waals surface area contributed by atoms with E-state index in [1.165, 1.54) is 6.42 Å². The molecule has 0 radical (unpaired) electrons. The van der Waals surface area contributed by atoms with Gasteiger partial charge in [-0.3, -0.25) is 14.4 Å². The van der Waals surface area contributed by atoms with E-state index >= 15 is 0 Å². The highest BCUT2D eigenvalue weighted by Gasteiger charge is 2.66. The first-order valence-corrected chi connectivity index (χ1v) is 12.3. The summed E-state index contributed by atoms with van der Waals surface area (Å²) in [6.45, 7) is 11.3. The lowest BCUT2D eigenvalue weighted by molar-refractivity contribution is -0.171.